The van der Waals surface area contributed by atoms with E-state index in [-0.39, 0.29) is 5.91 Å². The predicted molar refractivity (Wildman–Crippen MR) is 99.3 cm³/mol. The summed E-state index contributed by atoms with van der Waals surface area (Å²) < 4.78 is 0. The molecule has 1 saturated carbocycles. The second-order valence-electron chi connectivity index (χ2n) is 6.92. The van der Waals surface area contributed by atoms with Crippen molar-refractivity contribution in [2.24, 2.45) is 4.99 Å². The lowest BCUT2D eigenvalue weighted by molar-refractivity contribution is -0.120. The zero-order chi connectivity index (χ0) is 17.2. The maximum Gasteiger partial charge on any atom is 0.221 e. The van der Waals surface area contributed by atoms with Crippen LogP contribution in [0.3, 0.4) is 0 Å². The van der Waals surface area contributed by atoms with Crippen molar-refractivity contribution in [3.05, 3.63) is 0 Å². The number of carbonyl (C=O) groups excluding carboxylic acids is 1. The fraction of sp³-hybridized carbons (Fsp3) is 0.889. The minimum Gasteiger partial charge on any atom is -0.357 e. The Morgan fingerprint density at radius 1 is 1.17 bits per heavy atom. The molecule has 3 N–H and O–H groups in total. The van der Waals surface area contributed by atoms with Gasteiger partial charge in [0.25, 0.3) is 0 Å². The first-order valence-corrected chi connectivity index (χ1v) is 9.78. The van der Waals surface area contributed by atoms with Crippen molar-refractivity contribution >= 4 is 11.9 Å². The molecule has 1 amide bonds. The van der Waals surface area contributed by atoms with Crippen LogP contribution in [0.4, 0.5) is 0 Å². The van der Waals surface area contributed by atoms with Gasteiger partial charge in [-0.25, -0.2) is 0 Å². The molecule has 6 nitrogen and oxygen atoms in total. The quantitative estimate of drug-likeness (QED) is 0.463. The Hall–Kier alpha value is -1.30. The summed E-state index contributed by atoms with van der Waals surface area (Å²) >= 11 is 0. The summed E-state index contributed by atoms with van der Waals surface area (Å²) in [6.07, 6.45) is 8.13. The molecule has 0 spiro atoms. The average molecular weight is 338 g/mol. The van der Waals surface area contributed by atoms with E-state index in [1.54, 1.807) is 0 Å². The third kappa shape index (κ3) is 6.30. The lowest BCUT2D eigenvalue weighted by Crippen LogP contribution is -2.45. The summed E-state index contributed by atoms with van der Waals surface area (Å²) in [6, 6.07) is 1.27. The highest BCUT2D eigenvalue weighted by Crippen LogP contribution is 2.26. The lowest BCUT2D eigenvalue weighted by Gasteiger charge is -2.24. The molecule has 2 fully saturated rings. The Kier molecular flexibility index (Phi) is 8.36. The molecule has 0 aromatic rings. The van der Waals surface area contributed by atoms with E-state index in [2.05, 4.69) is 39.7 Å². The predicted octanol–water partition coefficient (Wildman–Crippen LogP) is 1.47. The van der Waals surface area contributed by atoms with Crippen LogP contribution in [0.15, 0.2) is 4.99 Å². The number of hydrogen-bond donors (Lipinski definition) is 3. The maximum atomic E-state index is 11.6. The van der Waals surface area contributed by atoms with E-state index in [4.69, 9.17) is 0 Å². The third-order valence-corrected chi connectivity index (χ3v) is 4.93. The standard InChI is InChI=1S/C18H35N5O/c1-3-11-20-17(24)9-12-21-18(19-4-2)22-15-10-13-23(14-15)16-7-5-6-8-16/h15-16H,3-14H2,1-2H3,(H,20,24)(H2,19,21,22). The molecule has 0 aromatic carbocycles. The number of carbonyl (C=O) groups is 1. The summed E-state index contributed by atoms with van der Waals surface area (Å²) in [5.74, 6) is 0.934. The number of likely N-dealkylation sites (tertiary alicyclic amines) is 1. The number of aliphatic imine (C=N–C) groups is 1. The Balaban J connectivity index is 1.73. The number of nitrogens with zero attached hydrogens (tertiary/aromatic N) is 2. The van der Waals surface area contributed by atoms with Gasteiger partial charge in [-0.1, -0.05) is 19.8 Å². The molecule has 138 valence electrons. The van der Waals surface area contributed by atoms with E-state index in [0.29, 0.717) is 19.0 Å². The average Bonchev–Trinajstić information content (AvgIpc) is 3.24. The molecule has 1 aliphatic carbocycles. The number of nitrogens with one attached hydrogen (secondary N) is 3. The summed E-state index contributed by atoms with van der Waals surface area (Å²) in [5.41, 5.74) is 0. The molecule has 2 aliphatic rings. The first-order chi connectivity index (χ1) is 11.7. The maximum absolute atomic E-state index is 11.6. The van der Waals surface area contributed by atoms with Crippen LogP contribution in [0.5, 0.6) is 0 Å². The van der Waals surface area contributed by atoms with Gasteiger partial charge in [0, 0.05) is 44.7 Å². The van der Waals surface area contributed by atoms with Crippen LogP contribution >= 0.6 is 0 Å². The van der Waals surface area contributed by atoms with E-state index in [9.17, 15) is 4.79 Å². The van der Waals surface area contributed by atoms with Gasteiger partial charge in [-0.15, -0.1) is 0 Å². The van der Waals surface area contributed by atoms with Crippen LogP contribution in [0.2, 0.25) is 0 Å². The fourth-order valence-electron chi connectivity index (χ4n) is 3.64. The fourth-order valence-corrected chi connectivity index (χ4v) is 3.64. The number of guanidine groups is 1. The van der Waals surface area contributed by atoms with E-state index >= 15 is 0 Å². The minimum atomic E-state index is 0.0877. The van der Waals surface area contributed by atoms with Crippen LogP contribution in [0.1, 0.15) is 58.8 Å². The molecule has 1 aliphatic heterocycles. The van der Waals surface area contributed by atoms with Gasteiger partial charge < -0.3 is 16.0 Å². The number of rotatable bonds is 8. The molecule has 1 heterocycles. The molecule has 1 saturated heterocycles. The smallest absolute Gasteiger partial charge is 0.221 e. The summed E-state index contributed by atoms with van der Waals surface area (Å²) in [7, 11) is 0. The molecule has 24 heavy (non-hydrogen) atoms. The molecular formula is C18H35N5O. The van der Waals surface area contributed by atoms with Crippen molar-refractivity contribution < 1.29 is 4.79 Å². The molecule has 0 aromatic heterocycles. The van der Waals surface area contributed by atoms with Gasteiger partial charge in [0.2, 0.25) is 5.91 Å². The van der Waals surface area contributed by atoms with Gasteiger partial charge in [0.05, 0.1) is 6.54 Å². The monoisotopic (exact) mass is 337 g/mol. The van der Waals surface area contributed by atoms with E-state index in [1.807, 2.05) is 0 Å². The first-order valence-electron chi connectivity index (χ1n) is 9.78. The molecule has 1 unspecified atom stereocenters. The van der Waals surface area contributed by atoms with Gasteiger partial charge in [0.15, 0.2) is 5.96 Å². The van der Waals surface area contributed by atoms with Crippen LogP contribution in [0.25, 0.3) is 0 Å². The molecule has 1 atom stereocenters. The van der Waals surface area contributed by atoms with E-state index in [0.717, 1.165) is 38.1 Å². The zero-order valence-electron chi connectivity index (χ0n) is 15.4. The molecule has 0 radical (unpaired) electrons. The van der Waals surface area contributed by atoms with Gasteiger partial charge in [-0.2, -0.15) is 0 Å². The largest absolute Gasteiger partial charge is 0.357 e. The highest BCUT2D eigenvalue weighted by atomic mass is 16.1. The highest BCUT2D eigenvalue weighted by molar-refractivity contribution is 5.81. The van der Waals surface area contributed by atoms with Crippen LogP contribution in [-0.4, -0.2) is 61.6 Å². The van der Waals surface area contributed by atoms with Crippen molar-refractivity contribution in [3.8, 4) is 0 Å². The Morgan fingerprint density at radius 2 is 1.96 bits per heavy atom. The molecule has 2 rings (SSSR count). The summed E-state index contributed by atoms with van der Waals surface area (Å²) in [5, 5.41) is 9.74. The van der Waals surface area contributed by atoms with E-state index in [1.165, 1.54) is 38.6 Å². The van der Waals surface area contributed by atoms with Crippen LogP contribution < -0.4 is 16.0 Å². The minimum absolute atomic E-state index is 0.0877. The SMILES string of the molecule is CCCNC(=O)CCN=C(NCC)NC1CCN(C2CCCC2)C1. The molecular weight excluding hydrogens is 302 g/mol. The van der Waals surface area contributed by atoms with Crippen molar-refractivity contribution in [2.45, 2.75) is 70.9 Å². The zero-order valence-corrected chi connectivity index (χ0v) is 15.4. The lowest BCUT2D eigenvalue weighted by atomic mass is 10.2. The summed E-state index contributed by atoms with van der Waals surface area (Å²) in [4.78, 5) is 18.9. The summed E-state index contributed by atoms with van der Waals surface area (Å²) in [6.45, 7) is 8.57. The number of hydrogen-bond acceptors (Lipinski definition) is 3. The van der Waals surface area contributed by atoms with Crippen molar-refractivity contribution in [1.82, 2.24) is 20.9 Å². The normalized spacial score (nSPS) is 22.8. The Morgan fingerprint density at radius 3 is 2.67 bits per heavy atom. The van der Waals surface area contributed by atoms with Crippen molar-refractivity contribution in [2.75, 3.05) is 32.7 Å². The Labute approximate surface area is 146 Å². The topological polar surface area (TPSA) is 68.8 Å². The van der Waals surface area contributed by atoms with Crippen molar-refractivity contribution in [3.63, 3.8) is 0 Å². The second-order valence-corrected chi connectivity index (χ2v) is 6.92. The highest BCUT2D eigenvalue weighted by Gasteiger charge is 2.30. The molecule has 0 bridgehead atoms. The Bertz CT molecular complexity index is 406. The molecule has 6 heteroatoms. The van der Waals surface area contributed by atoms with Gasteiger partial charge in [0.1, 0.15) is 0 Å². The van der Waals surface area contributed by atoms with Crippen LogP contribution in [0, 0.1) is 0 Å². The van der Waals surface area contributed by atoms with Gasteiger partial charge in [-0.05, 0) is 32.6 Å². The number of amides is 1. The van der Waals surface area contributed by atoms with Crippen LogP contribution in [-0.2, 0) is 4.79 Å². The van der Waals surface area contributed by atoms with Gasteiger partial charge >= 0.3 is 0 Å². The van der Waals surface area contributed by atoms with E-state index < -0.39 is 0 Å². The van der Waals surface area contributed by atoms with Gasteiger partial charge in [-0.3, -0.25) is 14.7 Å². The van der Waals surface area contributed by atoms with Crippen molar-refractivity contribution in [1.29, 1.82) is 0 Å². The third-order valence-electron chi connectivity index (χ3n) is 4.93. The second kappa shape index (κ2) is 10.5. The first kappa shape index (κ1) is 19.0.